The number of aromatic nitrogens is 2. The van der Waals surface area contributed by atoms with E-state index in [1.165, 1.54) is 0 Å². The van der Waals surface area contributed by atoms with Crippen molar-refractivity contribution in [2.24, 2.45) is 5.41 Å². The summed E-state index contributed by atoms with van der Waals surface area (Å²) in [5, 5.41) is 6.09. The van der Waals surface area contributed by atoms with Crippen molar-refractivity contribution in [3.05, 3.63) is 58.2 Å². The smallest absolute Gasteiger partial charge is 0.348 e. The molecule has 0 aliphatic heterocycles. The van der Waals surface area contributed by atoms with Gasteiger partial charge in [0.2, 0.25) is 11.8 Å². The zero-order valence-electron chi connectivity index (χ0n) is 21.4. The van der Waals surface area contributed by atoms with Crippen LogP contribution in [-0.2, 0) is 16.0 Å². The molecule has 3 rings (SSSR count). The van der Waals surface area contributed by atoms with Crippen LogP contribution >= 0.6 is 0 Å². The standard InChI is InChI=1S/C26H33N5O4/c1-16-18(28-22(33)25(2,3)4)11-12-19-20(16)21(32)35-24(29-19)30-26(5,6)23(34)31(7)15-13-17-10-8-9-14-27-17/h8-12,14H,13,15H2,1-7H3,(H,28,33)(H,29,30). The second kappa shape index (κ2) is 9.85. The molecule has 0 radical (unpaired) electrons. The summed E-state index contributed by atoms with van der Waals surface area (Å²) >= 11 is 0. The molecular formula is C26H33N5O4. The number of likely N-dealkylation sites (N-methyl/N-ethyl adjacent to an activating group) is 1. The minimum absolute atomic E-state index is 0.0511. The molecule has 2 amide bonds. The lowest BCUT2D eigenvalue weighted by molar-refractivity contribution is -0.133. The van der Waals surface area contributed by atoms with E-state index in [-0.39, 0.29) is 23.2 Å². The lowest BCUT2D eigenvalue weighted by Gasteiger charge is -2.30. The highest BCUT2D eigenvalue weighted by Crippen LogP contribution is 2.26. The van der Waals surface area contributed by atoms with Gasteiger partial charge in [-0.3, -0.25) is 14.6 Å². The van der Waals surface area contributed by atoms with Crippen LogP contribution in [0.1, 0.15) is 45.9 Å². The minimum Gasteiger partial charge on any atom is -0.389 e. The first-order chi connectivity index (χ1) is 16.3. The van der Waals surface area contributed by atoms with Gasteiger partial charge in [0.1, 0.15) is 5.54 Å². The van der Waals surface area contributed by atoms with Crippen molar-refractivity contribution in [1.29, 1.82) is 0 Å². The van der Waals surface area contributed by atoms with Gasteiger partial charge in [-0.25, -0.2) is 4.79 Å². The molecule has 0 bridgehead atoms. The van der Waals surface area contributed by atoms with Crippen LogP contribution in [0, 0.1) is 12.3 Å². The van der Waals surface area contributed by atoms with Crippen LogP contribution < -0.4 is 16.3 Å². The van der Waals surface area contributed by atoms with E-state index in [4.69, 9.17) is 4.42 Å². The monoisotopic (exact) mass is 479 g/mol. The fraction of sp³-hybridized carbons (Fsp3) is 0.423. The predicted octanol–water partition coefficient (Wildman–Crippen LogP) is 3.77. The van der Waals surface area contributed by atoms with E-state index in [1.54, 1.807) is 51.0 Å². The summed E-state index contributed by atoms with van der Waals surface area (Å²) in [4.78, 5) is 48.6. The molecular weight excluding hydrogens is 446 g/mol. The van der Waals surface area contributed by atoms with Gasteiger partial charge in [0.25, 0.3) is 6.01 Å². The Morgan fingerprint density at radius 2 is 1.80 bits per heavy atom. The third-order valence-corrected chi connectivity index (χ3v) is 5.72. The molecule has 0 aliphatic rings. The van der Waals surface area contributed by atoms with Crippen LogP contribution in [0.4, 0.5) is 11.7 Å². The van der Waals surface area contributed by atoms with E-state index in [2.05, 4.69) is 20.6 Å². The van der Waals surface area contributed by atoms with Gasteiger partial charge in [0.05, 0.1) is 10.9 Å². The van der Waals surface area contributed by atoms with Crippen molar-refractivity contribution in [2.45, 2.75) is 53.5 Å². The Balaban J connectivity index is 1.79. The maximum atomic E-state index is 13.1. The van der Waals surface area contributed by atoms with Gasteiger partial charge in [-0.2, -0.15) is 4.98 Å². The molecule has 2 aromatic heterocycles. The molecule has 2 N–H and O–H groups in total. The molecule has 2 heterocycles. The van der Waals surface area contributed by atoms with Gasteiger partial charge in [0.15, 0.2) is 0 Å². The van der Waals surface area contributed by atoms with Crippen LogP contribution in [0.15, 0.2) is 45.7 Å². The van der Waals surface area contributed by atoms with E-state index >= 15 is 0 Å². The molecule has 0 unspecified atom stereocenters. The average Bonchev–Trinajstić information content (AvgIpc) is 2.78. The average molecular weight is 480 g/mol. The second-order valence-corrected chi connectivity index (χ2v) is 10.2. The highest BCUT2D eigenvalue weighted by molar-refractivity contribution is 5.98. The highest BCUT2D eigenvalue weighted by atomic mass is 16.4. The van der Waals surface area contributed by atoms with Crippen molar-refractivity contribution in [3.8, 4) is 0 Å². The minimum atomic E-state index is -1.08. The maximum absolute atomic E-state index is 13.1. The number of anilines is 2. The lowest BCUT2D eigenvalue weighted by atomic mass is 9.95. The topological polar surface area (TPSA) is 117 Å². The van der Waals surface area contributed by atoms with Crippen molar-refractivity contribution < 1.29 is 14.0 Å². The Bertz CT molecular complexity index is 1290. The van der Waals surface area contributed by atoms with Gasteiger partial charge < -0.3 is 20.0 Å². The lowest BCUT2D eigenvalue weighted by Crippen LogP contribution is -2.49. The quantitative estimate of drug-likeness (QED) is 0.530. The molecule has 0 fully saturated rings. The number of pyridine rings is 1. The molecule has 0 atom stereocenters. The van der Waals surface area contributed by atoms with Crippen LogP contribution in [-0.4, -0.2) is 45.8 Å². The third kappa shape index (κ3) is 6.03. The van der Waals surface area contributed by atoms with E-state index in [0.717, 1.165) is 5.69 Å². The normalized spacial score (nSPS) is 11.9. The molecule has 9 nitrogen and oxygen atoms in total. The Morgan fingerprint density at radius 3 is 2.43 bits per heavy atom. The highest BCUT2D eigenvalue weighted by Gasteiger charge is 2.32. The third-order valence-electron chi connectivity index (χ3n) is 5.72. The number of carbonyl (C=O) groups excluding carboxylic acids is 2. The van der Waals surface area contributed by atoms with E-state index in [9.17, 15) is 14.4 Å². The molecule has 0 saturated carbocycles. The SMILES string of the molecule is Cc1c(NC(=O)C(C)(C)C)ccc2nc(NC(C)(C)C(=O)N(C)CCc3ccccn3)oc(=O)c12. The Hall–Kier alpha value is -3.75. The Labute approximate surface area is 205 Å². The number of hydrogen-bond acceptors (Lipinski definition) is 7. The summed E-state index contributed by atoms with van der Waals surface area (Å²) in [7, 11) is 1.72. The van der Waals surface area contributed by atoms with Gasteiger partial charge in [-0.05, 0) is 50.6 Å². The number of hydrogen-bond donors (Lipinski definition) is 2. The zero-order valence-corrected chi connectivity index (χ0v) is 21.4. The summed E-state index contributed by atoms with van der Waals surface area (Å²) in [5.74, 6) is -0.350. The first kappa shape index (κ1) is 25.9. The Morgan fingerprint density at radius 1 is 1.09 bits per heavy atom. The summed E-state index contributed by atoms with van der Waals surface area (Å²) in [6, 6.07) is 8.98. The molecule has 0 saturated heterocycles. The van der Waals surface area contributed by atoms with Crippen LogP contribution in [0.2, 0.25) is 0 Å². The van der Waals surface area contributed by atoms with Crippen molar-refractivity contribution in [2.75, 3.05) is 24.2 Å². The number of nitrogens with one attached hydrogen (secondary N) is 2. The second-order valence-electron chi connectivity index (χ2n) is 10.2. The number of benzene rings is 1. The first-order valence-electron chi connectivity index (χ1n) is 11.5. The Kier molecular flexibility index (Phi) is 7.28. The fourth-order valence-corrected chi connectivity index (χ4v) is 3.55. The van der Waals surface area contributed by atoms with Crippen molar-refractivity contribution in [1.82, 2.24) is 14.9 Å². The number of nitrogens with zero attached hydrogens (tertiary/aromatic N) is 3. The van der Waals surface area contributed by atoms with Crippen molar-refractivity contribution >= 4 is 34.4 Å². The van der Waals surface area contributed by atoms with Gasteiger partial charge in [-0.15, -0.1) is 0 Å². The first-order valence-corrected chi connectivity index (χ1v) is 11.5. The molecule has 0 spiro atoms. The molecule has 0 aliphatic carbocycles. The number of aryl methyl sites for hydroxylation is 1. The largest absolute Gasteiger partial charge is 0.389 e. The van der Waals surface area contributed by atoms with Crippen molar-refractivity contribution in [3.63, 3.8) is 0 Å². The number of rotatable bonds is 7. The van der Waals surface area contributed by atoms with E-state index < -0.39 is 16.6 Å². The number of carbonyl (C=O) groups is 2. The summed E-state index contributed by atoms with van der Waals surface area (Å²) in [6.07, 6.45) is 2.34. The predicted molar refractivity (Wildman–Crippen MR) is 136 cm³/mol. The molecule has 35 heavy (non-hydrogen) atoms. The summed E-state index contributed by atoms with van der Waals surface area (Å²) in [6.45, 7) is 11.1. The van der Waals surface area contributed by atoms with Crippen LogP contribution in [0.3, 0.4) is 0 Å². The fourth-order valence-electron chi connectivity index (χ4n) is 3.55. The zero-order chi connectivity index (χ0) is 26.0. The molecule has 186 valence electrons. The molecule has 9 heteroatoms. The summed E-state index contributed by atoms with van der Waals surface area (Å²) < 4.78 is 5.42. The van der Waals surface area contributed by atoms with E-state index in [0.29, 0.717) is 29.7 Å². The molecule has 1 aromatic carbocycles. The van der Waals surface area contributed by atoms with Gasteiger partial charge in [-0.1, -0.05) is 26.8 Å². The number of amides is 2. The number of fused-ring (bicyclic) bond motifs is 1. The van der Waals surface area contributed by atoms with Gasteiger partial charge in [0, 0.05) is 43.0 Å². The van der Waals surface area contributed by atoms with Crippen LogP contribution in [0.25, 0.3) is 10.9 Å². The maximum Gasteiger partial charge on any atom is 0.348 e. The summed E-state index contributed by atoms with van der Waals surface area (Å²) in [5.41, 5.74) is 0.130. The van der Waals surface area contributed by atoms with Gasteiger partial charge >= 0.3 is 5.63 Å². The molecule has 3 aromatic rings. The van der Waals surface area contributed by atoms with Crippen LogP contribution in [0.5, 0.6) is 0 Å². The van der Waals surface area contributed by atoms with E-state index in [1.807, 2.05) is 39.0 Å².